The molecule has 0 spiro atoms. The predicted molar refractivity (Wildman–Crippen MR) is 102 cm³/mol. The third kappa shape index (κ3) is 2.76. The van der Waals surface area contributed by atoms with Gasteiger partial charge in [-0.15, -0.1) is 0 Å². The van der Waals surface area contributed by atoms with Gasteiger partial charge in [-0.1, -0.05) is 17.7 Å². The number of fused-ring (bicyclic) bond motifs is 1. The lowest BCUT2D eigenvalue weighted by atomic mass is 9.94. The van der Waals surface area contributed by atoms with Crippen molar-refractivity contribution in [3.63, 3.8) is 0 Å². The van der Waals surface area contributed by atoms with E-state index >= 15 is 0 Å². The van der Waals surface area contributed by atoms with Crippen LogP contribution in [0.1, 0.15) is 5.56 Å². The number of rotatable bonds is 2. The average Bonchev–Trinajstić information content (AvgIpc) is 2.64. The smallest absolute Gasteiger partial charge is 0.134 e. The van der Waals surface area contributed by atoms with Gasteiger partial charge in [0.25, 0.3) is 0 Å². The Morgan fingerprint density at radius 1 is 0.962 bits per heavy atom. The molecule has 6 heteroatoms. The fraction of sp³-hybridized carbons (Fsp3) is 0.0500. The first-order valence-corrected chi connectivity index (χ1v) is 8.34. The molecule has 4 rings (SSSR count). The molecule has 4 nitrogen and oxygen atoms in total. The lowest BCUT2D eigenvalue weighted by Crippen LogP contribution is -1.97. The Bertz CT molecular complexity index is 1140. The molecule has 0 radical (unpaired) electrons. The molecule has 2 heterocycles. The summed E-state index contributed by atoms with van der Waals surface area (Å²) >= 11 is 6.07. The molecule has 2 N–H and O–H groups in total. The molecule has 26 heavy (non-hydrogen) atoms. The van der Waals surface area contributed by atoms with E-state index in [4.69, 9.17) is 17.3 Å². The van der Waals surface area contributed by atoms with E-state index in [1.165, 1.54) is 18.5 Å². The van der Waals surface area contributed by atoms with Gasteiger partial charge in [0.15, 0.2) is 0 Å². The minimum atomic E-state index is -0.379. The van der Waals surface area contributed by atoms with Crippen molar-refractivity contribution in [2.75, 3.05) is 5.73 Å². The number of aryl methyl sites for hydroxylation is 1. The molecule has 0 fully saturated rings. The topological polar surface area (TPSA) is 64.7 Å². The summed E-state index contributed by atoms with van der Waals surface area (Å²) in [4.78, 5) is 12.7. The summed E-state index contributed by atoms with van der Waals surface area (Å²) in [5.74, 6) is 0.0197. The van der Waals surface area contributed by atoms with Crippen molar-refractivity contribution in [2.45, 2.75) is 6.92 Å². The van der Waals surface area contributed by atoms with Gasteiger partial charge in [0.05, 0.1) is 11.2 Å². The largest absolute Gasteiger partial charge is 0.383 e. The number of aromatic nitrogens is 3. The van der Waals surface area contributed by atoms with Crippen molar-refractivity contribution >= 4 is 28.3 Å². The third-order valence-corrected chi connectivity index (χ3v) is 4.53. The minimum Gasteiger partial charge on any atom is -0.383 e. The second-order valence-electron chi connectivity index (χ2n) is 5.97. The summed E-state index contributed by atoms with van der Waals surface area (Å²) in [6, 6.07) is 12.0. The van der Waals surface area contributed by atoms with Crippen LogP contribution in [-0.4, -0.2) is 15.0 Å². The predicted octanol–water partition coefficient (Wildman–Crippen LogP) is 5.04. The third-order valence-electron chi connectivity index (χ3n) is 4.29. The Morgan fingerprint density at radius 2 is 1.81 bits per heavy atom. The van der Waals surface area contributed by atoms with Gasteiger partial charge in [0.2, 0.25) is 0 Å². The number of anilines is 1. The van der Waals surface area contributed by atoms with E-state index in [1.807, 2.05) is 31.2 Å². The second kappa shape index (κ2) is 6.35. The maximum Gasteiger partial charge on any atom is 0.134 e. The van der Waals surface area contributed by atoms with Crippen molar-refractivity contribution in [3.05, 3.63) is 71.4 Å². The Hall–Kier alpha value is -3.05. The quantitative estimate of drug-likeness (QED) is 0.541. The van der Waals surface area contributed by atoms with Crippen molar-refractivity contribution in [1.82, 2.24) is 15.0 Å². The highest BCUT2D eigenvalue weighted by molar-refractivity contribution is 6.30. The fourth-order valence-electron chi connectivity index (χ4n) is 3.03. The number of halogens is 2. The molecule has 4 aromatic rings. The van der Waals surface area contributed by atoms with E-state index in [9.17, 15) is 4.39 Å². The molecule has 0 amide bonds. The van der Waals surface area contributed by atoms with Gasteiger partial charge >= 0.3 is 0 Å². The fourth-order valence-corrected chi connectivity index (χ4v) is 3.21. The van der Waals surface area contributed by atoms with Crippen LogP contribution in [0.3, 0.4) is 0 Å². The first-order chi connectivity index (χ1) is 12.5. The van der Waals surface area contributed by atoms with Crippen molar-refractivity contribution in [1.29, 1.82) is 0 Å². The van der Waals surface area contributed by atoms with Crippen molar-refractivity contribution in [2.24, 2.45) is 0 Å². The highest BCUT2D eigenvalue weighted by atomic mass is 35.5. The van der Waals surface area contributed by atoms with Gasteiger partial charge in [-0.05, 0) is 54.4 Å². The van der Waals surface area contributed by atoms with E-state index in [0.29, 0.717) is 22.1 Å². The number of nitrogen functional groups attached to an aromatic ring is 1. The molecule has 2 aromatic heterocycles. The molecule has 128 valence electrons. The van der Waals surface area contributed by atoms with Gasteiger partial charge in [0.1, 0.15) is 18.0 Å². The standard InChI is InChI=1S/C20H14ClFN4/c1-11-7-18-16(20(23)26-10-25-18)9-14(11)13-3-2-6-24-19(13)15-8-12(21)4-5-17(15)22/h2-10H,1H3,(H2,23,25,26). The van der Waals surface area contributed by atoms with Crippen LogP contribution in [0.2, 0.25) is 5.02 Å². The summed E-state index contributed by atoms with van der Waals surface area (Å²) < 4.78 is 14.4. The number of nitrogens with two attached hydrogens (primary N) is 1. The first-order valence-electron chi connectivity index (χ1n) is 7.96. The summed E-state index contributed by atoms with van der Waals surface area (Å²) in [5.41, 5.74) is 10.3. The first kappa shape index (κ1) is 16.4. The van der Waals surface area contributed by atoms with Crippen LogP contribution >= 0.6 is 11.6 Å². The lowest BCUT2D eigenvalue weighted by Gasteiger charge is -2.13. The van der Waals surface area contributed by atoms with Gasteiger partial charge < -0.3 is 5.73 Å². The second-order valence-corrected chi connectivity index (χ2v) is 6.40. The zero-order valence-electron chi connectivity index (χ0n) is 13.9. The van der Waals surface area contributed by atoms with Crippen molar-refractivity contribution in [3.8, 4) is 22.4 Å². The number of nitrogens with zero attached hydrogens (tertiary/aromatic N) is 3. The number of hydrogen-bond donors (Lipinski definition) is 1. The number of pyridine rings is 1. The maximum atomic E-state index is 14.4. The molecule has 0 unspecified atom stereocenters. The SMILES string of the molecule is Cc1cc2ncnc(N)c2cc1-c1cccnc1-c1cc(Cl)ccc1F. The monoisotopic (exact) mass is 364 g/mol. The Kier molecular flexibility index (Phi) is 4.01. The normalized spacial score (nSPS) is 11.0. The zero-order valence-corrected chi connectivity index (χ0v) is 14.6. The van der Waals surface area contributed by atoms with Gasteiger partial charge in [0, 0.05) is 27.7 Å². The average molecular weight is 365 g/mol. The molecule has 0 aliphatic rings. The molecule has 0 atom stereocenters. The molecule has 0 aliphatic carbocycles. The zero-order chi connectivity index (χ0) is 18.3. The van der Waals surface area contributed by atoms with Crippen molar-refractivity contribution < 1.29 is 4.39 Å². The maximum absolute atomic E-state index is 14.4. The molecule has 0 saturated heterocycles. The van der Waals surface area contributed by atoms with E-state index in [-0.39, 0.29) is 5.82 Å². The van der Waals surface area contributed by atoms with Crippen LogP contribution in [0, 0.1) is 12.7 Å². The highest BCUT2D eigenvalue weighted by Crippen LogP contribution is 2.36. The Balaban J connectivity index is 2.01. The van der Waals surface area contributed by atoms with Gasteiger partial charge in [-0.2, -0.15) is 0 Å². The number of benzene rings is 2. The minimum absolute atomic E-state index is 0.352. The van der Waals surface area contributed by atoms with Crippen LogP contribution in [0.5, 0.6) is 0 Å². The highest BCUT2D eigenvalue weighted by Gasteiger charge is 2.16. The van der Waals surface area contributed by atoms with Gasteiger partial charge in [-0.3, -0.25) is 4.98 Å². The molecular formula is C20H14ClFN4. The summed E-state index contributed by atoms with van der Waals surface area (Å²) in [6.45, 7) is 1.97. The van der Waals surface area contributed by atoms with E-state index in [0.717, 1.165) is 27.6 Å². The molecule has 2 aromatic carbocycles. The number of hydrogen-bond acceptors (Lipinski definition) is 4. The Morgan fingerprint density at radius 3 is 2.65 bits per heavy atom. The summed E-state index contributed by atoms with van der Waals surface area (Å²) in [7, 11) is 0. The van der Waals surface area contributed by atoms with Crippen LogP contribution in [0.25, 0.3) is 33.3 Å². The lowest BCUT2D eigenvalue weighted by molar-refractivity contribution is 0.631. The molecular weight excluding hydrogens is 351 g/mol. The van der Waals surface area contributed by atoms with E-state index in [1.54, 1.807) is 12.3 Å². The van der Waals surface area contributed by atoms with E-state index < -0.39 is 0 Å². The van der Waals surface area contributed by atoms with E-state index in [2.05, 4.69) is 15.0 Å². The Labute approximate surface area is 154 Å². The van der Waals surface area contributed by atoms with Crippen LogP contribution in [0.15, 0.2) is 55.0 Å². The van der Waals surface area contributed by atoms with Crippen LogP contribution in [-0.2, 0) is 0 Å². The van der Waals surface area contributed by atoms with Gasteiger partial charge in [-0.25, -0.2) is 14.4 Å². The molecule has 0 bridgehead atoms. The van der Waals surface area contributed by atoms with Crippen LogP contribution in [0.4, 0.5) is 10.2 Å². The molecule has 0 aliphatic heterocycles. The summed E-state index contributed by atoms with van der Waals surface area (Å²) in [6.07, 6.45) is 3.07. The summed E-state index contributed by atoms with van der Waals surface area (Å²) in [5, 5.41) is 1.19. The van der Waals surface area contributed by atoms with Crippen LogP contribution < -0.4 is 5.73 Å². The molecule has 0 saturated carbocycles.